The lowest BCUT2D eigenvalue weighted by Crippen LogP contribution is -2.74. The number of hydrogen-bond donors (Lipinski definition) is 13. The molecule has 0 aromatic rings. The lowest BCUT2D eigenvalue weighted by Gasteiger charge is -2.75. The second-order valence-corrected chi connectivity index (χ2v) is 26.0. The molecule has 0 amide bonds. The highest BCUT2D eigenvalue weighted by molar-refractivity contribution is 5.28. The normalized spacial score (nSPS) is 59.2. The summed E-state index contributed by atoms with van der Waals surface area (Å²) in [5.74, 6) is 0.442. The van der Waals surface area contributed by atoms with Crippen LogP contribution in [0.5, 0.6) is 0 Å². The monoisotopic (exact) mass is 1060 g/mol. The molecular formula is C52H86O22. The van der Waals surface area contributed by atoms with Crippen molar-refractivity contribution >= 4 is 0 Å². The molecule has 5 aliphatic heterocycles. The van der Waals surface area contributed by atoms with Gasteiger partial charge in [-0.05, 0) is 106 Å². The Labute approximate surface area is 432 Å². The van der Waals surface area contributed by atoms with Gasteiger partial charge in [-0.2, -0.15) is 0 Å². The summed E-state index contributed by atoms with van der Waals surface area (Å²) < 4.78 is 56.2. The SMILES string of the molecule is C[C@@H]1O[C@@H](O[C@H]2[C@H](O[C@H]3CO[C@@H](O[C@H]4CC[C@@]5(C)[C@H]6CC[C@]78OC[C@@]9(CC[C@](C)(O)C[C@H]97)[C@H](O)C[C@@]8(C)[C@]6(C)CC[C@H]5C4(C)C)[C@H](O[C@@H]4O[C@H](CO)[C@H](O)[C@H](O)[C@H]4O)[C@H]3O)O[C@H](CO)[C@H](O)[C@@H]2O)[C@H](O)[C@H](O)[C@H]1O. The zero-order chi connectivity index (χ0) is 53.6. The van der Waals surface area contributed by atoms with Gasteiger partial charge >= 0.3 is 0 Å². The third-order valence-electron chi connectivity index (χ3n) is 22.0. The zero-order valence-corrected chi connectivity index (χ0v) is 43.7. The van der Waals surface area contributed by atoms with Gasteiger partial charge in [0.15, 0.2) is 25.2 Å². The average molecular weight is 1060 g/mol. The number of aliphatic hydroxyl groups is 13. The van der Waals surface area contributed by atoms with E-state index in [1.54, 1.807) is 0 Å². The van der Waals surface area contributed by atoms with Crippen LogP contribution < -0.4 is 0 Å². The van der Waals surface area contributed by atoms with Crippen LogP contribution in [0.15, 0.2) is 0 Å². The fourth-order valence-corrected chi connectivity index (χ4v) is 17.5. The average Bonchev–Trinajstić information content (AvgIpc) is 3.63. The fourth-order valence-electron chi connectivity index (χ4n) is 17.5. The molecule has 5 heterocycles. The molecule has 5 saturated carbocycles. The van der Waals surface area contributed by atoms with E-state index >= 15 is 0 Å². The Bertz CT molecular complexity index is 2000. The summed E-state index contributed by atoms with van der Waals surface area (Å²) in [6.45, 7) is 13.5. The van der Waals surface area contributed by atoms with E-state index in [1.165, 1.54) is 6.92 Å². The van der Waals surface area contributed by atoms with Gasteiger partial charge in [0.05, 0.1) is 55.9 Å². The van der Waals surface area contributed by atoms with E-state index in [0.29, 0.717) is 32.3 Å². The minimum Gasteiger partial charge on any atom is -0.394 e. The molecular weight excluding hydrogens is 977 g/mol. The van der Waals surface area contributed by atoms with Crippen molar-refractivity contribution in [2.45, 2.75) is 253 Å². The van der Waals surface area contributed by atoms with E-state index < -0.39 is 165 Å². The van der Waals surface area contributed by atoms with E-state index in [4.69, 9.17) is 42.6 Å². The van der Waals surface area contributed by atoms with Crippen LogP contribution >= 0.6 is 0 Å². The van der Waals surface area contributed by atoms with Crippen molar-refractivity contribution in [2.24, 2.45) is 44.8 Å². The molecule has 2 bridgehead atoms. The molecule has 10 rings (SSSR count). The molecule has 22 nitrogen and oxygen atoms in total. The van der Waals surface area contributed by atoms with Crippen LogP contribution in [0.2, 0.25) is 0 Å². The Kier molecular flexibility index (Phi) is 15.0. The molecule has 0 radical (unpaired) electrons. The third kappa shape index (κ3) is 8.39. The van der Waals surface area contributed by atoms with Gasteiger partial charge in [0.1, 0.15) is 85.5 Å². The maximum atomic E-state index is 12.4. The first-order chi connectivity index (χ1) is 34.6. The topological polar surface area (TPSA) is 346 Å². The fraction of sp³-hybridized carbons (Fsp3) is 1.00. The summed E-state index contributed by atoms with van der Waals surface area (Å²) in [7, 11) is 0. The van der Waals surface area contributed by atoms with Crippen LogP contribution in [-0.4, -0.2) is 233 Å². The summed E-state index contributed by atoms with van der Waals surface area (Å²) in [5, 5.41) is 143. The molecule has 0 aromatic carbocycles. The van der Waals surface area contributed by atoms with Crippen molar-refractivity contribution in [3.63, 3.8) is 0 Å². The predicted octanol–water partition coefficient (Wildman–Crippen LogP) is -1.96. The van der Waals surface area contributed by atoms with Crippen molar-refractivity contribution in [1.29, 1.82) is 0 Å². The Morgan fingerprint density at radius 3 is 1.78 bits per heavy atom. The summed E-state index contributed by atoms with van der Waals surface area (Å²) >= 11 is 0. The first-order valence-corrected chi connectivity index (χ1v) is 27.2. The van der Waals surface area contributed by atoms with E-state index in [9.17, 15) is 66.4 Å². The van der Waals surface area contributed by atoms with E-state index in [-0.39, 0.29) is 39.4 Å². The maximum Gasteiger partial charge on any atom is 0.187 e. The molecule has 5 aliphatic carbocycles. The highest BCUT2D eigenvalue weighted by atomic mass is 16.8. The molecule has 1 spiro atoms. The standard InChI is InChI=1S/C52H86O22/c1-22-31(56)35(60)38(63)42(68-22)74-41-37(62)33(58)24(19-54)70-45(41)71-25-20-66-44(40(34(25)59)73-43-39(64)36(61)32(57)23(18-53)69-43)72-30-10-11-48(5)26(46(30,2)3)8-12-49(6)27(48)9-13-52-28-16-47(4,65)14-15-51(28,21-67-52)29(55)17-50(49,52)7/h22-45,53-65H,8-21H2,1-7H3/t22-,23+,24+,25-,26-,27+,28+,29+,30-,31-,32-,33-,34-,35+,36-,37-,38+,39+,40+,41+,42-,43-,44-,45-,47-,48+,49+,50-,51+,52-/m0/s1. The Morgan fingerprint density at radius 2 is 1.12 bits per heavy atom. The van der Waals surface area contributed by atoms with Gasteiger partial charge in [0.2, 0.25) is 0 Å². The molecule has 74 heavy (non-hydrogen) atoms. The van der Waals surface area contributed by atoms with Gasteiger partial charge in [-0.15, -0.1) is 0 Å². The number of rotatable bonds is 10. The molecule has 5 saturated heterocycles. The number of hydrogen-bond acceptors (Lipinski definition) is 22. The number of ether oxygens (including phenoxy) is 9. The first-order valence-electron chi connectivity index (χ1n) is 27.2. The summed E-state index contributed by atoms with van der Waals surface area (Å²) in [6.07, 6.45) is -24.6. The molecule has 22 heteroatoms. The van der Waals surface area contributed by atoms with E-state index in [1.807, 2.05) is 6.92 Å². The van der Waals surface area contributed by atoms with Crippen molar-refractivity contribution in [3.05, 3.63) is 0 Å². The van der Waals surface area contributed by atoms with Crippen LogP contribution in [0.1, 0.15) is 113 Å². The van der Waals surface area contributed by atoms with Crippen molar-refractivity contribution < 1.29 is 109 Å². The molecule has 13 N–H and O–H groups in total. The van der Waals surface area contributed by atoms with Gasteiger partial charge in [0.25, 0.3) is 0 Å². The maximum absolute atomic E-state index is 12.4. The Morgan fingerprint density at radius 1 is 0.527 bits per heavy atom. The van der Waals surface area contributed by atoms with Crippen LogP contribution in [0.4, 0.5) is 0 Å². The van der Waals surface area contributed by atoms with Crippen molar-refractivity contribution in [1.82, 2.24) is 0 Å². The summed E-state index contributed by atoms with van der Waals surface area (Å²) in [5.41, 5.74) is -2.91. The third-order valence-corrected chi connectivity index (χ3v) is 22.0. The van der Waals surface area contributed by atoms with Crippen LogP contribution in [0.25, 0.3) is 0 Å². The van der Waals surface area contributed by atoms with Gasteiger partial charge < -0.3 is 109 Å². The molecule has 10 fully saturated rings. The van der Waals surface area contributed by atoms with Gasteiger partial charge in [-0.3, -0.25) is 0 Å². The molecule has 0 aromatic heterocycles. The van der Waals surface area contributed by atoms with Gasteiger partial charge in [-0.1, -0.05) is 34.6 Å². The van der Waals surface area contributed by atoms with Gasteiger partial charge in [0, 0.05) is 16.7 Å². The predicted molar refractivity (Wildman–Crippen MR) is 252 cm³/mol. The Hall–Kier alpha value is -0.880. The minimum atomic E-state index is -1.89. The van der Waals surface area contributed by atoms with Crippen molar-refractivity contribution in [3.8, 4) is 0 Å². The first kappa shape index (κ1) is 56.4. The smallest absolute Gasteiger partial charge is 0.187 e. The van der Waals surface area contributed by atoms with Crippen LogP contribution in [0, 0.1) is 44.8 Å². The van der Waals surface area contributed by atoms with Gasteiger partial charge in [-0.25, -0.2) is 0 Å². The molecule has 426 valence electrons. The van der Waals surface area contributed by atoms with E-state index in [2.05, 4.69) is 34.6 Å². The number of fused-ring (bicyclic) bond motifs is 4. The van der Waals surface area contributed by atoms with E-state index in [0.717, 1.165) is 38.5 Å². The lowest BCUT2D eigenvalue weighted by atomic mass is 9.30. The van der Waals surface area contributed by atoms with Crippen molar-refractivity contribution in [2.75, 3.05) is 26.4 Å². The number of aliphatic hydroxyl groups excluding tert-OH is 12. The molecule has 10 aliphatic rings. The molecule has 0 unspecified atom stereocenters. The highest BCUT2D eigenvalue weighted by Gasteiger charge is 2.80. The van der Waals surface area contributed by atoms with Crippen LogP contribution in [-0.2, 0) is 42.6 Å². The second-order valence-electron chi connectivity index (χ2n) is 26.0. The molecule has 30 atom stereocenters. The second kappa shape index (κ2) is 19.7. The lowest BCUT2D eigenvalue weighted by molar-refractivity contribution is -0.394. The highest BCUT2D eigenvalue weighted by Crippen LogP contribution is 2.80. The summed E-state index contributed by atoms with van der Waals surface area (Å²) in [6, 6.07) is 0. The Balaban J connectivity index is 0.902. The quantitative estimate of drug-likeness (QED) is 0.106. The largest absolute Gasteiger partial charge is 0.394 e. The minimum absolute atomic E-state index is 0.0483. The summed E-state index contributed by atoms with van der Waals surface area (Å²) in [4.78, 5) is 0. The zero-order valence-electron chi connectivity index (χ0n) is 43.7. The van der Waals surface area contributed by atoms with Crippen LogP contribution in [0.3, 0.4) is 0 Å².